The molecule has 1 aliphatic carbocycles. The number of carbonyl (C=O) groups is 1. The van der Waals surface area contributed by atoms with Crippen LogP contribution in [0.3, 0.4) is 0 Å². The van der Waals surface area contributed by atoms with Crippen LogP contribution < -0.4 is 4.90 Å². The minimum Gasteiger partial charge on any atom is -0.297 e. The zero-order valence-corrected chi connectivity index (χ0v) is 14.2. The van der Waals surface area contributed by atoms with E-state index >= 15 is 0 Å². The van der Waals surface area contributed by atoms with Crippen molar-refractivity contribution in [2.45, 2.75) is 50.7 Å². The van der Waals surface area contributed by atoms with Crippen molar-refractivity contribution in [2.75, 3.05) is 4.90 Å². The van der Waals surface area contributed by atoms with Crippen LogP contribution in [0, 0.1) is 0 Å². The Hall–Kier alpha value is -2.44. The molecule has 0 N–H and O–H groups in total. The molecule has 0 aliphatic heterocycles. The van der Waals surface area contributed by atoms with Crippen molar-refractivity contribution < 1.29 is 18.0 Å². The van der Waals surface area contributed by atoms with Gasteiger partial charge in [-0.15, -0.1) is 0 Å². The Morgan fingerprint density at radius 3 is 2.23 bits per heavy atom. The maximum atomic E-state index is 13.0. The molecule has 0 saturated heterocycles. The molecular formula is C19H20F3N3O. The first-order chi connectivity index (χ1) is 12.4. The quantitative estimate of drug-likeness (QED) is 0.796. The highest BCUT2D eigenvalue weighted by atomic mass is 19.4. The molecule has 0 spiro atoms. The van der Waals surface area contributed by atoms with Crippen LogP contribution in [0.25, 0.3) is 0 Å². The first kappa shape index (κ1) is 18.4. The second-order valence-corrected chi connectivity index (χ2v) is 6.49. The summed E-state index contributed by atoms with van der Waals surface area (Å²) in [5, 5.41) is 0. The summed E-state index contributed by atoms with van der Waals surface area (Å²) in [7, 11) is 0. The maximum absolute atomic E-state index is 13.0. The highest BCUT2D eigenvalue weighted by Gasteiger charge is 2.43. The van der Waals surface area contributed by atoms with Crippen molar-refractivity contribution in [3.63, 3.8) is 0 Å². The van der Waals surface area contributed by atoms with Crippen LogP contribution in [0.4, 0.5) is 18.9 Å². The van der Waals surface area contributed by atoms with E-state index in [1.807, 2.05) is 0 Å². The maximum Gasteiger partial charge on any atom is 0.471 e. The summed E-state index contributed by atoms with van der Waals surface area (Å²) in [6.45, 7) is -0.326. The van der Waals surface area contributed by atoms with Gasteiger partial charge in [-0.1, -0.05) is 37.5 Å². The molecule has 0 unspecified atom stereocenters. The highest BCUT2D eigenvalue weighted by Crippen LogP contribution is 2.32. The van der Waals surface area contributed by atoms with Crippen molar-refractivity contribution in [2.24, 2.45) is 0 Å². The lowest BCUT2D eigenvalue weighted by molar-refractivity contribution is -0.170. The van der Waals surface area contributed by atoms with E-state index in [1.54, 1.807) is 30.6 Å². The number of anilines is 1. The van der Waals surface area contributed by atoms with Crippen LogP contribution in [-0.2, 0) is 11.3 Å². The van der Waals surface area contributed by atoms with Gasteiger partial charge in [0.15, 0.2) is 0 Å². The summed E-state index contributed by atoms with van der Waals surface area (Å²) >= 11 is 0. The van der Waals surface area contributed by atoms with Crippen molar-refractivity contribution in [3.05, 3.63) is 54.1 Å². The van der Waals surface area contributed by atoms with Gasteiger partial charge in [0, 0.05) is 18.1 Å². The summed E-state index contributed by atoms with van der Waals surface area (Å²) in [6, 6.07) is 7.76. The molecule has 1 amide bonds. The molecular weight excluding hydrogens is 343 g/mol. The van der Waals surface area contributed by atoms with Crippen molar-refractivity contribution in [1.29, 1.82) is 0 Å². The van der Waals surface area contributed by atoms with Crippen LogP contribution in [0.15, 0.2) is 42.7 Å². The molecule has 0 atom stereocenters. The average Bonchev–Trinajstić information content (AvgIpc) is 2.67. The fourth-order valence-corrected chi connectivity index (χ4v) is 3.28. The van der Waals surface area contributed by atoms with E-state index in [1.165, 1.54) is 31.4 Å². The van der Waals surface area contributed by atoms with E-state index in [0.717, 1.165) is 18.4 Å². The minimum atomic E-state index is -4.96. The molecule has 1 fully saturated rings. The van der Waals surface area contributed by atoms with Crippen LogP contribution in [0.2, 0.25) is 0 Å². The van der Waals surface area contributed by atoms with Gasteiger partial charge in [-0.25, -0.2) is 9.97 Å². The second kappa shape index (κ2) is 7.85. The number of halogens is 3. The van der Waals surface area contributed by atoms with Crippen LogP contribution in [0.1, 0.15) is 49.4 Å². The van der Waals surface area contributed by atoms with Gasteiger partial charge in [-0.2, -0.15) is 13.2 Å². The predicted octanol–water partition coefficient (Wildman–Crippen LogP) is 4.62. The van der Waals surface area contributed by atoms with Crippen molar-refractivity contribution >= 4 is 11.6 Å². The third-order valence-electron chi connectivity index (χ3n) is 4.66. The van der Waals surface area contributed by atoms with Gasteiger partial charge < -0.3 is 0 Å². The molecule has 1 aromatic heterocycles. The van der Waals surface area contributed by atoms with Crippen molar-refractivity contribution in [3.8, 4) is 0 Å². The molecule has 138 valence electrons. The van der Waals surface area contributed by atoms with E-state index in [-0.39, 0.29) is 18.1 Å². The molecule has 26 heavy (non-hydrogen) atoms. The summed E-state index contributed by atoms with van der Waals surface area (Å²) in [6.07, 6.45) is 4.16. The third-order valence-corrected chi connectivity index (χ3v) is 4.66. The Bertz CT molecular complexity index is 726. The normalized spacial score (nSPS) is 15.7. The molecule has 4 nitrogen and oxygen atoms in total. The van der Waals surface area contributed by atoms with Gasteiger partial charge in [0.2, 0.25) is 0 Å². The Labute approximate surface area is 150 Å². The Kier molecular flexibility index (Phi) is 5.54. The van der Waals surface area contributed by atoms with Crippen molar-refractivity contribution in [1.82, 2.24) is 9.97 Å². The zero-order valence-electron chi connectivity index (χ0n) is 14.2. The van der Waals surface area contributed by atoms with E-state index in [0.29, 0.717) is 10.8 Å². The van der Waals surface area contributed by atoms with Gasteiger partial charge in [-0.3, -0.25) is 9.69 Å². The van der Waals surface area contributed by atoms with Gasteiger partial charge in [-0.05, 0) is 36.5 Å². The first-order valence-corrected chi connectivity index (χ1v) is 8.69. The number of alkyl halides is 3. The molecule has 1 saturated carbocycles. The molecule has 0 radical (unpaired) electrons. The lowest BCUT2D eigenvalue weighted by Crippen LogP contribution is -2.41. The molecule has 2 aromatic rings. The lowest BCUT2D eigenvalue weighted by Gasteiger charge is -2.24. The van der Waals surface area contributed by atoms with E-state index < -0.39 is 12.1 Å². The molecule has 1 aromatic carbocycles. The Balaban J connectivity index is 1.79. The number of aromatic nitrogens is 2. The van der Waals surface area contributed by atoms with E-state index in [4.69, 9.17) is 0 Å². The SMILES string of the molecule is O=C(N(Cc1ncc(C2CCCCC2)cn1)c1ccccc1)C(F)(F)F. The van der Waals surface area contributed by atoms with E-state index in [2.05, 4.69) is 9.97 Å². The Morgan fingerprint density at radius 1 is 1.04 bits per heavy atom. The minimum absolute atomic E-state index is 0.162. The highest BCUT2D eigenvalue weighted by molar-refractivity contribution is 5.97. The molecule has 0 bridgehead atoms. The Morgan fingerprint density at radius 2 is 1.65 bits per heavy atom. The lowest BCUT2D eigenvalue weighted by atomic mass is 9.85. The van der Waals surface area contributed by atoms with Crippen LogP contribution in [0.5, 0.6) is 0 Å². The van der Waals surface area contributed by atoms with Crippen LogP contribution >= 0.6 is 0 Å². The van der Waals surface area contributed by atoms with Crippen LogP contribution in [-0.4, -0.2) is 22.1 Å². The number of para-hydroxylation sites is 1. The number of rotatable bonds is 4. The first-order valence-electron chi connectivity index (χ1n) is 8.69. The number of nitrogens with zero attached hydrogens (tertiary/aromatic N) is 3. The topological polar surface area (TPSA) is 46.1 Å². The number of benzene rings is 1. The largest absolute Gasteiger partial charge is 0.471 e. The standard InChI is InChI=1S/C19H20F3N3O/c20-19(21,22)18(26)25(16-9-5-2-6-10-16)13-17-23-11-15(12-24-17)14-7-3-1-4-8-14/h2,5-6,9-12,14H,1,3-4,7-8,13H2. The molecule has 1 aliphatic rings. The summed E-state index contributed by atoms with van der Waals surface area (Å²) in [5.41, 5.74) is 1.18. The summed E-state index contributed by atoms with van der Waals surface area (Å²) < 4.78 is 38.9. The number of hydrogen-bond acceptors (Lipinski definition) is 3. The van der Waals surface area contributed by atoms with E-state index in [9.17, 15) is 18.0 Å². The third kappa shape index (κ3) is 4.39. The number of hydrogen-bond donors (Lipinski definition) is 0. The predicted molar refractivity (Wildman–Crippen MR) is 91.5 cm³/mol. The van der Waals surface area contributed by atoms with Gasteiger partial charge in [0.1, 0.15) is 5.82 Å². The summed E-state index contributed by atoms with van der Waals surface area (Å²) in [5.74, 6) is -1.32. The zero-order chi connectivity index (χ0) is 18.6. The fraction of sp³-hybridized carbons (Fsp3) is 0.421. The number of amides is 1. The molecule has 7 heteroatoms. The number of carbonyl (C=O) groups excluding carboxylic acids is 1. The van der Waals surface area contributed by atoms with Gasteiger partial charge in [0.25, 0.3) is 0 Å². The monoisotopic (exact) mass is 363 g/mol. The van der Waals surface area contributed by atoms with Gasteiger partial charge in [0.05, 0.1) is 6.54 Å². The average molecular weight is 363 g/mol. The second-order valence-electron chi connectivity index (χ2n) is 6.49. The summed E-state index contributed by atoms with van der Waals surface area (Å²) in [4.78, 5) is 20.9. The van der Waals surface area contributed by atoms with Gasteiger partial charge >= 0.3 is 12.1 Å². The molecule has 3 rings (SSSR count). The fourth-order valence-electron chi connectivity index (χ4n) is 3.28. The molecule has 1 heterocycles. The smallest absolute Gasteiger partial charge is 0.297 e.